The SMILES string of the molecule is CCC(C)(C)C(=O)OC12CC3CC(OC(C)=O)(CC(OC(C)=O)(C3)C1)C2. The van der Waals surface area contributed by atoms with Crippen molar-refractivity contribution in [1.29, 1.82) is 0 Å². The quantitative estimate of drug-likeness (QED) is 0.549. The molecule has 2 unspecified atom stereocenters. The summed E-state index contributed by atoms with van der Waals surface area (Å²) < 4.78 is 17.6. The third kappa shape index (κ3) is 3.35. The van der Waals surface area contributed by atoms with Crippen molar-refractivity contribution >= 4 is 17.9 Å². The van der Waals surface area contributed by atoms with Crippen molar-refractivity contribution in [2.24, 2.45) is 11.3 Å². The monoisotopic (exact) mass is 366 g/mol. The van der Waals surface area contributed by atoms with Crippen molar-refractivity contribution in [1.82, 2.24) is 0 Å². The maximum absolute atomic E-state index is 12.8. The summed E-state index contributed by atoms with van der Waals surface area (Å²) in [6.45, 7) is 8.51. The van der Waals surface area contributed by atoms with Crippen LogP contribution in [0.5, 0.6) is 0 Å². The molecule has 0 aromatic carbocycles. The van der Waals surface area contributed by atoms with Gasteiger partial charge in [0.15, 0.2) is 0 Å². The zero-order valence-electron chi connectivity index (χ0n) is 16.5. The van der Waals surface area contributed by atoms with Gasteiger partial charge in [0.05, 0.1) is 5.41 Å². The predicted octanol–water partition coefficient (Wildman–Crippen LogP) is 3.31. The Labute approximate surface area is 154 Å². The minimum atomic E-state index is -0.728. The molecule has 4 aliphatic rings. The Bertz CT molecular complexity index is 604. The second kappa shape index (κ2) is 5.96. The smallest absolute Gasteiger partial charge is 0.312 e. The van der Waals surface area contributed by atoms with Gasteiger partial charge in [-0.1, -0.05) is 6.92 Å². The molecule has 4 saturated carbocycles. The number of carbonyl (C=O) groups excluding carboxylic acids is 3. The van der Waals surface area contributed by atoms with Gasteiger partial charge in [-0.3, -0.25) is 14.4 Å². The zero-order valence-corrected chi connectivity index (χ0v) is 16.5. The Hall–Kier alpha value is -1.59. The lowest BCUT2D eigenvalue weighted by Gasteiger charge is -2.63. The average Bonchev–Trinajstić information content (AvgIpc) is 2.41. The molecule has 4 fully saturated rings. The number of carbonyl (C=O) groups is 3. The molecule has 0 saturated heterocycles. The standard InChI is InChI=1S/C20H30O6/c1-6-17(4,5)16(23)26-20-9-15-7-18(11-20,24-13(2)21)10-19(8-15,12-20)25-14(3)22/h15H,6-12H2,1-5H3. The van der Waals surface area contributed by atoms with Crippen LogP contribution in [-0.2, 0) is 28.6 Å². The topological polar surface area (TPSA) is 78.9 Å². The fourth-order valence-corrected chi connectivity index (χ4v) is 5.61. The highest BCUT2D eigenvalue weighted by Gasteiger charge is 2.68. The first kappa shape index (κ1) is 19.2. The largest absolute Gasteiger partial charge is 0.459 e. The van der Waals surface area contributed by atoms with Crippen LogP contribution in [0.3, 0.4) is 0 Å². The lowest BCUT2D eigenvalue weighted by Crippen LogP contribution is -2.69. The molecular formula is C20H30O6. The Morgan fingerprint density at radius 2 is 1.23 bits per heavy atom. The van der Waals surface area contributed by atoms with E-state index in [1.54, 1.807) is 0 Å². The van der Waals surface area contributed by atoms with Crippen LogP contribution in [0.2, 0.25) is 0 Å². The summed E-state index contributed by atoms with van der Waals surface area (Å²) in [5.74, 6) is -0.721. The average molecular weight is 366 g/mol. The fourth-order valence-electron chi connectivity index (χ4n) is 5.61. The van der Waals surface area contributed by atoms with E-state index >= 15 is 0 Å². The number of esters is 3. The highest BCUT2D eigenvalue weighted by molar-refractivity contribution is 5.76. The number of hydrogen-bond acceptors (Lipinski definition) is 6. The van der Waals surface area contributed by atoms with E-state index < -0.39 is 22.2 Å². The lowest BCUT2D eigenvalue weighted by atomic mass is 9.50. The van der Waals surface area contributed by atoms with Gasteiger partial charge in [-0.2, -0.15) is 0 Å². The molecule has 0 spiro atoms. The van der Waals surface area contributed by atoms with Crippen LogP contribution >= 0.6 is 0 Å². The third-order valence-corrected chi connectivity index (χ3v) is 6.38. The van der Waals surface area contributed by atoms with Crippen LogP contribution in [0, 0.1) is 11.3 Å². The molecule has 6 nitrogen and oxygen atoms in total. The van der Waals surface area contributed by atoms with Crippen molar-refractivity contribution in [3.05, 3.63) is 0 Å². The summed E-state index contributed by atoms with van der Waals surface area (Å²) in [4.78, 5) is 36.3. The van der Waals surface area contributed by atoms with Crippen molar-refractivity contribution < 1.29 is 28.6 Å². The summed E-state index contributed by atoms with van der Waals surface area (Å²) in [5, 5.41) is 0. The summed E-state index contributed by atoms with van der Waals surface area (Å²) >= 11 is 0. The first-order valence-corrected chi connectivity index (χ1v) is 9.55. The molecule has 0 aliphatic heterocycles. The van der Waals surface area contributed by atoms with Gasteiger partial charge >= 0.3 is 17.9 Å². The normalized spacial score (nSPS) is 38.0. The van der Waals surface area contributed by atoms with Crippen LogP contribution in [0.1, 0.15) is 79.6 Å². The molecule has 146 valence electrons. The van der Waals surface area contributed by atoms with Gasteiger partial charge in [0.25, 0.3) is 0 Å². The molecule has 2 atom stereocenters. The van der Waals surface area contributed by atoms with Gasteiger partial charge in [0.1, 0.15) is 16.8 Å². The second-order valence-electron chi connectivity index (χ2n) is 9.37. The van der Waals surface area contributed by atoms with E-state index in [1.807, 2.05) is 20.8 Å². The molecule has 0 radical (unpaired) electrons. The first-order chi connectivity index (χ1) is 11.9. The Balaban J connectivity index is 1.94. The molecule has 0 aromatic heterocycles. The van der Waals surface area contributed by atoms with Gasteiger partial charge in [-0.05, 0) is 45.4 Å². The number of hydrogen-bond donors (Lipinski definition) is 0. The molecule has 0 amide bonds. The number of ether oxygens (including phenoxy) is 3. The van der Waals surface area contributed by atoms with Crippen LogP contribution in [-0.4, -0.2) is 34.7 Å². The van der Waals surface area contributed by atoms with E-state index in [9.17, 15) is 14.4 Å². The maximum Gasteiger partial charge on any atom is 0.312 e. The van der Waals surface area contributed by atoms with Crippen LogP contribution in [0.15, 0.2) is 0 Å². The van der Waals surface area contributed by atoms with Gasteiger partial charge in [0.2, 0.25) is 0 Å². The van der Waals surface area contributed by atoms with Gasteiger partial charge < -0.3 is 14.2 Å². The lowest BCUT2D eigenvalue weighted by molar-refractivity contribution is -0.273. The van der Waals surface area contributed by atoms with E-state index in [-0.39, 0.29) is 23.8 Å². The highest BCUT2D eigenvalue weighted by Crippen LogP contribution is 2.63. The van der Waals surface area contributed by atoms with E-state index in [0.29, 0.717) is 25.7 Å². The van der Waals surface area contributed by atoms with Crippen LogP contribution < -0.4 is 0 Å². The van der Waals surface area contributed by atoms with E-state index in [2.05, 4.69) is 0 Å². The molecule has 4 aliphatic carbocycles. The minimum absolute atomic E-state index is 0.211. The van der Waals surface area contributed by atoms with Gasteiger partial charge in [-0.25, -0.2) is 0 Å². The van der Waals surface area contributed by atoms with Crippen molar-refractivity contribution in [3.63, 3.8) is 0 Å². The minimum Gasteiger partial charge on any atom is -0.459 e. The molecule has 26 heavy (non-hydrogen) atoms. The maximum atomic E-state index is 12.8. The second-order valence-corrected chi connectivity index (χ2v) is 9.37. The molecule has 6 heteroatoms. The summed E-state index contributed by atoms with van der Waals surface area (Å²) in [6.07, 6.45) is 4.37. The Morgan fingerprint density at radius 3 is 1.58 bits per heavy atom. The third-order valence-electron chi connectivity index (χ3n) is 6.38. The zero-order chi connectivity index (χ0) is 19.4. The molecule has 4 rings (SSSR count). The fraction of sp³-hybridized carbons (Fsp3) is 0.850. The summed E-state index contributed by atoms with van der Waals surface area (Å²) in [7, 11) is 0. The van der Waals surface area contributed by atoms with E-state index in [0.717, 1.165) is 19.3 Å². The Kier molecular flexibility index (Phi) is 4.40. The van der Waals surface area contributed by atoms with E-state index in [4.69, 9.17) is 14.2 Å². The van der Waals surface area contributed by atoms with Crippen molar-refractivity contribution in [3.8, 4) is 0 Å². The van der Waals surface area contributed by atoms with Gasteiger partial charge in [0, 0.05) is 33.1 Å². The van der Waals surface area contributed by atoms with Crippen LogP contribution in [0.4, 0.5) is 0 Å². The van der Waals surface area contributed by atoms with Crippen LogP contribution in [0.25, 0.3) is 0 Å². The van der Waals surface area contributed by atoms with Crippen molar-refractivity contribution in [2.45, 2.75) is 96.4 Å². The van der Waals surface area contributed by atoms with E-state index in [1.165, 1.54) is 13.8 Å². The molecule has 4 bridgehead atoms. The molecule has 0 aromatic rings. The highest BCUT2D eigenvalue weighted by atomic mass is 16.6. The molecule has 0 heterocycles. The summed E-state index contributed by atoms with van der Waals surface area (Å²) in [5.41, 5.74) is -2.73. The van der Waals surface area contributed by atoms with Gasteiger partial charge in [-0.15, -0.1) is 0 Å². The first-order valence-electron chi connectivity index (χ1n) is 9.55. The molecule has 0 N–H and O–H groups in total. The Morgan fingerprint density at radius 1 is 0.846 bits per heavy atom. The number of rotatable bonds is 5. The molecular weight excluding hydrogens is 336 g/mol. The summed E-state index contributed by atoms with van der Waals surface area (Å²) in [6, 6.07) is 0. The predicted molar refractivity (Wildman–Crippen MR) is 93.1 cm³/mol. The van der Waals surface area contributed by atoms with Crippen molar-refractivity contribution in [2.75, 3.05) is 0 Å².